The average molecular weight is 373 g/mol. The Hall–Kier alpha value is -2.11. The highest BCUT2D eigenvalue weighted by molar-refractivity contribution is 6.30. The van der Waals surface area contributed by atoms with E-state index in [0.717, 1.165) is 36.4 Å². The van der Waals surface area contributed by atoms with Crippen molar-refractivity contribution in [1.82, 2.24) is 4.98 Å². The summed E-state index contributed by atoms with van der Waals surface area (Å²) in [5.74, 6) is 0.626. The summed E-state index contributed by atoms with van der Waals surface area (Å²) in [5.41, 5.74) is 1.83. The van der Waals surface area contributed by atoms with Gasteiger partial charge >= 0.3 is 0 Å². The summed E-state index contributed by atoms with van der Waals surface area (Å²) in [4.78, 5) is 19.2. The molecule has 2 aliphatic heterocycles. The van der Waals surface area contributed by atoms with E-state index < -0.39 is 0 Å². The Morgan fingerprint density at radius 3 is 2.88 bits per heavy atom. The Morgan fingerprint density at radius 1 is 1.27 bits per heavy atom. The molecule has 1 aromatic heterocycles. The van der Waals surface area contributed by atoms with Crippen LogP contribution >= 0.6 is 11.6 Å². The lowest BCUT2D eigenvalue weighted by molar-refractivity contribution is -0.124. The third kappa shape index (κ3) is 3.69. The maximum absolute atomic E-state index is 13.3. The van der Waals surface area contributed by atoms with Gasteiger partial charge in [0.15, 0.2) is 0 Å². The zero-order valence-corrected chi connectivity index (χ0v) is 15.2. The summed E-state index contributed by atoms with van der Waals surface area (Å²) in [6.45, 7) is 1.70. The average Bonchev–Trinajstić information content (AvgIpc) is 3.19. The molecule has 0 bridgehead atoms. The minimum Gasteiger partial charge on any atom is -0.492 e. The maximum Gasteiger partial charge on any atom is 0.233 e. The number of hydrogen-bond acceptors (Lipinski definition) is 4. The lowest BCUT2D eigenvalue weighted by Gasteiger charge is -2.31. The SMILES string of the molecule is O=C(C1COc2ccc(Cl)cc2C1)N(CC1CCCO1)c1ccncc1. The van der Waals surface area contributed by atoms with Crippen LogP contribution < -0.4 is 9.64 Å². The molecule has 1 amide bonds. The highest BCUT2D eigenvalue weighted by Crippen LogP contribution is 2.31. The number of anilines is 1. The smallest absolute Gasteiger partial charge is 0.233 e. The van der Waals surface area contributed by atoms with Crippen LogP contribution in [0.1, 0.15) is 18.4 Å². The van der Waals surface area contributed by atoms with Crippen molar-refractivity contribution in [2.24, 2.45) is 5.92 Å². The highest BCUT2D eigenvalue weighted by Gasteiger charge is 2.32. The second-order valence-electron chi connectivity index (χ2n) is 6.75. The fraction of sp³-hybridized carbons (Fsp3) is 0.400. The number of fused-ring (bicyclic) bond motifs is 1. The van der Waals surface area contributed by atoms with Crippen LogP contribution in [0.15, 0.2) is 42.7 Å². The van der Waals surface area contributed by atoms with Crippen LogP contribution in [0.25, 0.3) is 0 Å². The summed E-state index contributed by atoms with van der Waals surface area (Å²) < 4.78 is 11.6. The lowest BCUT2D eigenvalue weighted by Crippen LogP contribution is -2.44. The molecule has 1 saturated heterocycles. The van der Waals surface area contributed by atoms with Crippen molar-refractivity contribution in [3.63, 3.8) is 0 Å². The molecule has 3 heterocycles. The van der Waals surface area contributed by atoms with Gasteiger partial charge in [-0.25, -0.2) is 0 Å². The zero-order chi connectivity index (χ0) is 17.9. The number of halogens is 1. The number of carbonyl (C=O) groups is 1. The van der Waals surface area contributed by atoms with E-state index in [1.54, 1.807) is 12.4 Å². The van der Waals surface area contributed by atoms with Gasteiger partial charge in [-0.3, -0.25) is 9.78 Å². The highest BCUT2D eigenvalue weighted by atomic mass is 35.5. The first-order valence-corrected chi connectivity index (χ1v) is 9.33. The third-order valence-electron chi connectivity index (χ3n) is 4.93. The van der Waals surface area contributed by atoms with Crippen LogP contribution in [0.3, 0.4) is 0 Å². The number of amides is 1. The molecular weight excluding hydrogens is 352 g/mol. The molecule has 26 heavy (non-hydrogen) atoms. The number of aromatic nitrogens is 1. The number of carbonyl (C=O) groups excluding carboxylic acids is 1. The molecule has 0 N–H and O–H groups in total. The molecule has 6 heteroatoms. The number of rotatable bonds is 4. The first-order chi connectivity index (χ1) is 12.7. The van der Waals surface area contributed by atoms with Crippen LogP contribution in [0.4, 0.5) is 5.69 Å². The lowest BCUT2D eigenvalue weighted by atomic mass is 9.95. The van der Waals surface area contributed by atoms with Crippen LogP contribution in [-0.4, -0.2) is 36.8 Å². The summed E-state index contributed by atoms with van der Waals surface area (Å²) >= 11 is 6.10. The van der Waals surface area contributed by atoms with E-state index in [0.29, 0.717) is 24.6 Å². The second-order valence-corrected chi connectivity index (χ2v) is 7.19. The van der Waals surface area contributed by atoms with Crippen LogP contribution in [0.5, 0.6) is 5.75 Å². The van der Waals surface area contributed by atoms with E-state index in [2.05, 4.69) is 4.98 Å². The molecule has 0 saturated carbocycles. The van der Waals surface area contributed by atoms with Crippen LogP contribution in [0, 0.1) is 5.92 Å². The van der Waals surface area contributed by atoms with E-state index in [-0.39, 0.29) is 17.9 Å². The van der Waals surface area contributed by atoms with Gasteiger partial charge in [-0.1, -0.05) is 11.6 Å². The van der Waals surface area contributed by atoms with E-state index in [4.69, 9.17) is 21.1 Å². The van der Waals surface area contributed by atoms with Crippen molar-refractivity contribution < 1.29 is 14.3 Å². The van der Waals surface area contributed by atoms with Gasteiger partial charge in [0.25, 0.3) is 0 Å². The monoisotopic (exact) mass is 372 g/mol. The number of benzene rings is 1. The molecule has 4 rings (SSSR count). The van der Waals surface area contributed by atoms with Crippen molar-refractivity contribution in [2.75, 3.05) is 24.7 Å². The quantitative estimate of drug-likeness (QED) is 0.824. The fourth-order valence-corrected chi connectivity index (χ4v) is 3.78. The minimum atomic E-state index is -0.240. The molecule has 0 spiro atoms. The van der Waals surface area contributed by atoms with Crippen molar-refractivity contribution in [3.05, 3.63) is 53.3 Å². The topological polar surface area (TPSA) is 51.7 Å². The largest absolute Gasteiger partial charge is 0.492 e. The molecule has 0 aliphatic carbocycles. The van der Waals surface area contributed by atoms with Gasteiger partial charge < -0.3 is 14.4 Å². The van der Waals surface area contributed by atoms with Gasteiger partial charge in [-0.2, -0.15) is 0 Å². The Bertz CT molecular complexity index is 778. The molecule has 1 aromatic carbocycles. The number of pyridine rings is 1. The molecule has 0 radical (unpaired) electrons. The van der Waals surface area contributed by atoms with Crippen molar-refractivity contribution in [1.29, 1.82) is 0 Å². The first-order valence-electron chi connectivity index (χ1n) is 8.95. The number of hydrogen-bond donors (Lipinski definition) is 0. The van der Waals surface area contributed by atoms with Gasteiger partial charge in [-0.05, 0) is 55.2 Å². The Morgan fingerprint density at radius 2 is 2.12 bits per heavy atom. The number of nitrogens with zero attached hydrogens (tertiary/aromatic N) is 2. The van der Waals surface area contributed by atoms with Crippen molar-refractivity contribution >= 4 is 23.2 Å². The van der Waals surface area contributed by atoms with Gasteiger partial charge in [0, 0.05) is 29.7 Å². The molecule has 5 nitrogen and oxygen atoms in total. The Balaban J connectivity index is 1.56. The van der Waals surface area contributed by atoms with Gasteiger partial charge in [0.05, 0.1) is 18.6 Å². The van der Waals surface area contributed by atoms with E-state index in [9.17, 15) is 4.79 Å². The van der Waals surface area contributed by atoms with Crippen LogP contribution in [-0.2, 0) is 16.0 Å². The predicted molar refractivity (Wildman–Crippen MR) is 99.7 cm³/mol. The predicted octanol–water partition coefficient (Wildman–Crippen LogP) is 3.50. The summed E-state index contributed by atoms with van der Waals surface area (Å²) in [6, 6.07) is 9.28. The molecule has 2 unspecified atom stereocenters. The van der Waals surface area contributed by atoms with Gasteiger partial charge in [0.2, 0.25) is 5.91 Å². The molecule has 136 valence electrons. The second kappa shape index (κ2) is 7.64. The van der Waals surface area contributed by atoms with E-state index in [1.165, 1.54) is 0 Å². The maximum atomic E-state index is 13.3. The Labute approximate surface area is 157 Å². The normalized spacial score (nSPS) is 21.7. The fourth-order valence-electron chi connectivity index (χ4n) is 3.58. The summed E-state index contributed by atoms with van der Waals surface area (Å²) in [5, 5.41) is 0.658. The molecular formula is C20H21ClN2O3. The van der Waals surface area contributed by atoms with E-state index >= 15 is 0 Å². The van der Waals surface area contributed by atoms with E-state index in [1.807, 2.05) is 35.2 Å². The zero-order valence-electron chi connectivity index (χ0n) is 14.4. The standard InChI is InChI=1S/C20H21ClN2O3/c21-16-3-4-19-14(11-16)10-15(13-26-19)20(24)23(12-18-2-1-9-25-18)17-5-7-22-8-6-17/h3-8,11,15,18H,1-2,9-10,12-13H2. The third-order valence-corrected chi connectivity index (χ3v) is 5.16. The van der Waals surface area contributed by atoms with Gasteiger partial charge in [-0.15, -0.1) is 0 Å². The molecule has 2 aliphatic rings. The summed E-state index contributed by atoms with van der Waals surface area (Å²) in [6.07, 6.45) is 6.14. The molecule has 2 aromatic rings. The Kier molecular flexibility index (Phi) is 5.09. The van der Waals surface area contributed by atoms with Crippen molar-refractivity contribution in [3.8, 4) is 5.75 Å². The molecule has 2 atom stereocenters. The molecule has 1 fully saturated rings. The summed E-state index contributed by atoms with van der Waals surface area (Å²) in [7, 11) is 0. The van der Waals surface area contributed by atoms with Crippen molar-refractivity contribution in [2.45, 2.75) is 25.4 Å². The minimum absolute atomic E-state index is 0.0531. The number of ether oxygens (including phenoxy) is 2. The van der Waals surface area contributed by atoms with Crippen LogP contribution in [0.2, 0.25) is 5.02 Å². The van der Waals surface area contributed by atoms with Gasteiger partial charge in [0.1, 0.15) is 12.4 Å². The first kappa shape index (κ1) is 17.3.